The first-order valence-corrected chi connectivity index (χ1v) is 9.94. The highest BCUT2D eigenvalue weighted by Gasteiger charge is 2.26. The van der Waals surface area contributed by atoms with Crippen LogP contribution in [0.3, 0.4) is 0 Å². The van der Waals surface area contributed by atoms with Gasteiger partial charge in [0.25, 0.3) is 0 Å². The zero-order valence-electron chi connectivity index (χ0n) is 16.3. The molecule has 1 aliphatic heterocycles. The first-order chi connectivity index (χ1) is 12.4. The van der Waals surface area contributed by atoms with Crippen LogP contribution >= 0.6 is 0 Å². The van der Waals surface area contributed by atoms with Gasteiger partial charge in [-0.15, -0.1) is 5.10 Å². The number of carbonyl (C=O) groups is 1. The van der Waals surface area contributed by atoms with Crippen LogP contribution in [-0.4, -0.2) is 46.9 Å². The standard InChI is InChI=1S/C20H32N4O2/c1-20(2,3)17-8-9-18(23-22-17)26-14-15-10-12-24(13-11-15)19(25)21-16-6-4-5-7-16/h8-9,15-16H,4-7,10-14H2,1-3H3,(H,21,25). The summed E-state index contributed by atoms with van der Waals surface area (Å²) in [4.78, 5) is 14.3. The number of hydrogen-bond donors (Lipinski definition) is 1. The minimum Gasteiger partial charge on any atom is -0.476 e. The van der Waals surface area contributed by atoms with Gasteiger partial charge in [0.05, 0.1) is 12.3 Å². The van der Waals surface area contributed by atoms with E-state index in [9.17, 15) is 4.79 Å². The molecule has 0 spiro atoms. The molecule has 0 bridgehead atoms. The van der Waals surface area contributed by atoms with Gasteiger partial charge in [0, 0.05) is 30.6 Å². The molecule has 2 amide bonds. The highest BCUT2D eigenvalue weighted by atomic mass is 16.5. The number of nitrogens with zero attached hydrogens (tertiary/aromatic N) is 3. The Balaban J connectivity index is 1.39. The molecule has 0 unspecified atom stereocenters. The Hall–Kier alpha value is -1.85. The minimum absolute atomic E-state index is 0.00255. The number of hydrogen-bond acceptors (Lipinski definition) is 4. The fourth-order valence-corrected chi connectivity index (χ4v) is 3.64. The Labute approximate surface area is 156 Å². The van der Waals surface area contributed by atoms with Crippen molar-refractivity contribution >= 4 is 6.03 Å². The first kappa shape index (κ1) is 18.9. The van der Waals surface area contributed by atoms with Crippen molar-refractivity contribution in [1.82, 2.24) is 20.4 Å². The Morgan fingerprint density at radius 2 is 1.85 bits per heavy atom. The molecular formula is C20H32N4O2. The molecule has 1 saturated heterocycles. The highest BCUT2D eigenvalue weighted by Crippen LogP contribution is 2.22. The molecule has 6 heteroatoms. The molecule has 144 valence electrons. The van der Waals surface area contributed by atoms with Crippen molar-refractivity contribution < 1.29 is 9.53 Å². The number of piperidine rings is 1. The number of amides is 2. The Morgan fingerprint density at radius 1 is 1.15 bits per heavy atom. The van der Waals surface area contributed by atoms with Crippen molar-refractivity contribution in [2.75, 3.05) is 19.7 Å². The molecule has 1 N–H and O–H groups in total. The van der Waals surface area contributed by atoms with Crippen molar-refractivity contribution in [1.29, 1.82) is 0 Å². The van der Waals surface area contributed by atoms with Crippen LogP contribution in [0.25, 0.3) is 0 Å². The average Bonchev–Trinajstić information content (AvgIpc) is 3.13. The van der Waals surface area contributed by atoms with Crippen molar-refractivity contribution in [2.45, 2.75) is 70.8 Å². The third kappa shape index (κ3) is 5.08. The Bertz CT molecular complexity index is 583. The number of nitrogens with one attached hydrogen (secondary N) is 1. The van der Waals surface area contributed by atoms with Crippen LogP contribution in [0.2, 0.25) is 0 Å². The van der Waals surface area contributed by atoms with Crippen molar-refractivity contribution in [3.63, 3.8) is 0 Å². The normalized spacial score (nSPS) is 19.6. The lowest BCUT2D eigenvalue weighted by molar-refractivity contribution is 0.141. The second kappa shape index (κ2) is 8.23. The van der Waals surface area contributed by atoms with E-state index in [0.29, 0.717) is 24.4 Å². The predicted octanol–water partition coefficient (Wildman–Crippen LogP) is 3.52. The maximum atomic E-state index is 12.3. The van der Waals surface area contributed by atoms with E-state index in [2.05, 4.69) is 36.3 Å². The molecule has 1 aromatic heterocycles. The van der Waals surface area contributed by atoms with Gasteiger partial charge in [0.1, 0.15) is 0 Å². The summed E-state index contributed by atoms with van der Waals surface area (Å²) in [6.45, 7) is 8.61. The third-order valence-corrected chi connectivity index (χ3v) is 5.46. The second-order valence-corrected chi connectivity index (χ2v) is 8.68. The van der Waals surface area contributed by atoms with Gasteiger partial charge in [-0.2, -0.15) is 5.10 Å². The quantitative estimate of drug-likeness (QED) is 0.892. The van der Waals surface area contributed by atoms with Crippen LogP contribution in [0.4, 0.5) is 4.79 Å². The van der Waals surface area contributed by atoms with E-state index in [1.54, 1.807) is 0 Å². The van der Waals surface area contributed by atoms with Crippen LogP contribution < -0.4 is 10.1 Å². The lowest BCUT2D eigenvalue weighted by Gasteiger charge is -2.32. The van der Waals surface area contributed by atoms with E-state index in [0.717, 1.165) is 44.5 Å². The van der Waals surface area contributed by atoms with Gasteiger partial charge in [-0.3, -0.25) is 0 Å². The van der Waals surface area contributed by atoms with Gasteiger partial charge in [0.2, 0.25) is 5.88 Å². The number of likely N-dealkylation sites (tertiary alicyclic amines) is 1. The predicted molar refractivity (Wildman–Crippen MR) is 101 cm³/mol. The maximum absolute atomic E-state index is 12.3. The van der Waals surface area contributed by atoms with Crippen LogP contribution in [0.5, 0.6) is 5.88 Å². The van der Waals surface area contributed by atoms with E-state index in [-0.39, 0.29) is 11.4 Å². The van der Waals surface area contributed by atoms with E-state index in [1.807, 2.05) is 17.0 Å². The Morgan fingerprint density at radius 3 is 2.42 bits per heavy atom. The summed E-state index contributed by atoms with van der Waals surface area (Å²) in [5, 5.41) is 11.6. The topological polar surface area (TPSA) is 67.3 Å². The van der Waals surface area contributed by atoms with Gasteiger partial charge in [-0.25, -0.2) is 4.79 Å². The van der Waals surface area contributed by atoms with E-state index in [1.165, 1.54) is 12.8 Å². The maximum Gasteiger partial charge on any atom is 0.317 e. The molecule has 6 nitrogen and oxygen atoms in total. The molecule has 26 heavy (non-hydrogen) atoms. The first-order valence-electron chi connectivity index (χ1n) is 9.94. The summed E-state index contributed by atoms with van der Waals surface area (Å²) in [6, 6.07) is 4.38. The zero-order chi connectivity index (χ0) is 18.6. The zero-order valence-corrected chi connectivity index (χ0v) is 16.3. The Kier molecular flexibility index (Phi) is 5.99. The summed E-state index contributed by atoms with van der Waals surface area (Å²) < 4.78 is 5.82. The van der Waals surface area contributed by atoms with E-state index < -0.39 is 0 Å². The fourth-order valence-electron chi connectivity index (χ4n) is 3.64. The summed E-state index contributed by atoms with van der Waals surface area (Å²) in [5.74, 6) is 1.05. The molecular weight excluding hydrogens is 328 g/mol. The van der Waals surface area contributed by atoms with Gasteiger partial charge >= 0.3 is 6.03 Å². The lowest BCUT2D eigenvalue weighted by Crippen LogP contribution is -2.47. The summed E-state index contributed by atoms with van der Waals surface area (Å²) in [7, 11) is 0. The number of ether oxygens (including phenoxy) is 1. The second-order valence-electron chi connectivity index (χ2n) is 8.68. The largest absolute Gasteiger partial charge is 0.476 e. The molecule has 1 aliphatic carbocycles. The molecule has 0 radical (unpaired) electrons. The smallest absolute Gasteiger partial charge is 0.317 e. The molecule has 1 aromatic rings. The number of urea groups is 1. The number of rotatable bonds is 4. The van der Waals surface area contributed by atoms with Crippen LogP contribution in [0.1, 0.15) is 65.0 Å². The number of carbonyl (C=O) groups excluding carboxylic acids is 1. The average molecular weight is 361 g/mol. The molecule has 1 saturated carbocycles. The summed E-state index contributed by atoms with van der Waals surface area (Å²) in [6.07, 6.45) is 6.70. The van der Waals surface area contributed by atoms with Crippen molar-refractivity contribution in [3.8, 4) is 5.88 Å². The van der Waals surface area contributed by atoms with Crippen LogP contribution in [0, 0.1) is 5.92 Å². The summed E-state index contributed by atoms with van der Waals surface area (Å²) >= 11 is 0. The fraction of sp³-hybridized carbons (Fsp3) is 0.750. The van der Waals surface area contributed by atoms with Crippen molar-refractivity contribution in [2.24, 2.45) is 5.92 Å². The highest BCUT2D eigenvalue weighted by molar-refractivity contribution is 5.74. The van der Waals surface area contributed by atoms with Crippen molar-refractivity contribution in [3.05, 3.63) is 17.8 Å². The van der Waals surface area contributed by atoms with E-state index >= 15 is 0 Å². The van der Waals surface area contributed by atoms with Gasteiger partial charge in [0.15, 0.2) is 0 Å². The van der Waals surface area contributed by atoms with Crippen LogP contribution in [-0.2, 0) is 5.41 Å². The lowest BCUT2D eigenvalue weighted by atomic mass is 9.92. The van der Waals surface area contributed by atoms with Gasteiger partial charge in [-0.05, 0) is 37.7 Å². The number of aromatic nitrogens is 2. The van der Waals surface area contributed by atoms with Gasteiger partial charge in [-0.1, -0.05) is 33.6 Å². The van der Waals surface area contributed by atoms with E-state index in [4.69, 9.17) is 4.74 Å². The minimum atomic E-state index is -0.00255. The molecule has 0 aromatic carbocycles. The third-order valence-electron chi connectivity index (χ3n) is 5.46. The SMILES string of the molecule is CC(C)(C)c1ccc(OCC2CCN(C(=O)NC3CCCC3)CC2)nn1. The molecule has 2 fully saturated rings. The molecule has 2 aliphatic rings. The van der Waals surface area contributed by atoms with Crippen LogP contribution in [0.15, 0.2) is 12.1 Å². The van der Waals surface area contributed by atoms with Gasteiger partial charge < -0.3 is 15.0 Å². The molecule has 2 heterocycles. The molecule has 0 atom stereocenters. The molecule has 3 rings (SSSR count). The monoisotopic (exact) mass is 360 g/mol. The summed E-state index contributed by atoms with van der Waals surface area (Å²) in [5.41, 5.74) is 0.962.